The first kappa shape index (κ1) is 17.7. The lowest BCUT2D eigenvalue weighted by atomic mass is 9.93. The summed E-state index contributed by atoms with van der Waals surface area (Å²) < 4.78 is 0. The maximum Gasteiger partial charge on any atom is 0.191 e. The molecule has 1 aromatic carbocycles. The zero-order valence-corrected chi connectivity index (χ0v) is 15.0. The van der Waals surface area contributed by atoms with Crippen LogP contribution in [0.2, 0.25) is 0 Å². The Morgan fingerprint density at radius 3 is 2.84 bits per heavy atom. The first-order valence-corrected chi connectivity index (χ1v) is 9.41. The number of fused-ring (bicyclic) bond motifs is 1. The van der Waals surface area contributed by atoms with Gasteiger partial charge in [-0.2, -0.15) is 0 Å². The van der Waals surface area contributed by atoms with Gasteiger partial charge in [0.2, 0.25) is 0 Å². The van der Waals surface area contributed by atoms with Gasteiger partial charge in [0.25, 0.3) is 0 Å². The van der Waals surface area contributed by atoms with E-state index >= 15 is 0 Å². The van der Waals surface area contributed by atoms with Gasteiger partial charge >= 0.3 is 0 Å². The molecule has 0 saturated heterocycles. The van der Waals surface area contributed by atoms with Gasteiger partial charge in [-0.15, -0.1) is 0 Å². The van der Waals surface area contributed by atoms with Crippen molar-refractivity contribution in [1.29, 1.82) is 0 Å². The smallest absolute Gasteiger partial charge is 0.191 e. The molecule has 4 N–H and O–H groups in total. The normalized spacial score (nSPS) is 21.4. The molecule has 1 aromatic heterocycles. The number of H-pyrrole nitrogens is 1. The van der Waals surface area contributed by atoms with Crippen LogP contribution in [0.15, 0.2) is 29.3 Å². The van der Waals surface area contributed by atoms with Gasteiger partial charge in [-0.05, 0) is 51.2 Å². The molecule has 3 rings (SSSR count). The molecular formula is C19H29N5O. The molecule has 0 bridgehead atoms. The summed E-state index contributed by atoms with van der Waals surface area (Å²) >= 11 is 0. The lowest BCUT2D eigenvalue weighted by Gasteiger charge is -2.27. The number of aromatic amines is 1. The van der Waals surface area contributed by atoms with Crippen LogP contribution in [0.4, 0.5) is 0 Å². The van der Waals surface area contributed by atoms with Gasteiger partial charge in [0.05, 0.1) is 17.1 Å². The fraction of sp³-hybridized carbons (Fsp3) is 0.579. The summed E-state index contributed by atoms with van der Waals surface area (Å²) in [4.78, 5) is 12.7. The quantitative estimate of drug-likeness (QED) is 0.368. The minimum atomic E-state index is -0.124. The SMILES string of the molecule is CCNC(=NCCCc1nc2ccccc2[nH]1)NC1CCC(O)CC1. The van der Waals surface area contributed by atoms with Gasteiger partial charge in [-0.3, -0.25) is 4.99 Å². The molecular weight excluding hydrogens is 314 g/mol. The van der Waals surface area contributed by atoms with E-state index in [1.54, 1.807) is 0 Å². The second kappa shape index (κ2) is 8.85. The fourth-order valence-corrected chi connectivity index (χ4v) is 3.29. The van der Waals surface area contributed by atoms with E-state index in [1.165, 1.54) is 0 Å². The third-order valence-corrected chi connectivity index (χ3v) is 4.66. The number of nitrogens with one attached hydrogen (secondary N) is 3. The Morgan fingerprint density at radius 2 is 2.08 bits per heavy atom. The van der Waals surface area contributed by atoms with Crippen molar-refractivity contribution >= 4 is 17.0 Å². The third kappa shape index (κ3) is 5.19. The van der Waals surface area contributed by atoms with E-state index in [0.29, 0.717) is 6.04 Å². The van der Waals surface area contributed by atoms with E-state index < -0.39 is 0 Å². The Bertz CT molecular complexity index is 655. The van der Waals surface area contributed by atoms with Crippen LogP contribution >= 0.6 is 0 Å². The predicted molar refractivity (Wildman–Crippen MR) is 102 cm³/mol. The minimum absolute atomic E-state index is 0.124. The largest absolute Gasteiger partial charge is 0.393 e. The number of para-hydroxylation sites is 2. The van der Waals surface area contributed by atoms with Crippen molar-refractivity contribution in [3.8, 4) is 0 Å². The van der Waals surface area contributed by atoms with Gasteiger partial charge in [0.15, 0.2) is 5.96 Å². The minimum Gasteiger partial charge on any atom is -0.393 e. The molecule has 1 heterocycles. The third-order valence-electron chi connectivity index (χ3n) is 4.66. The number of rotatable bonds is 6. The summed E-state index contributed by atoms with van der Waals surface area (Å²) in [5.41, 5.74) is 2.12. The zero-order chi connectivity index (χ0) is 17.5. The summed E-state index contributed by atoms with van der Waals surface area (Å²) in [5, 5.41) is 16.4. The van der Waals surface area contributed by atoms with E-state index in [-0.39, 0.29) is 6.10 Å². The number of aliphatic hydroxyl groups excluding tert-OH is 1. The molecule has 1 fully saturated rings. The van der Waals surface area contributed by atoms with E-state index in [4.69, 9.17) is 0 Å². The highest BCUT2D eigenvalue weighted by molar-refractivity contribution is 5.80. The molecule has 25 heavy (non-hydrogen) atoms. The second-order valence-corrected chi connectivity index (χ2v) is 6.71. The molecule has 0 radical (unpaired) electrons. The Kier molecular flexibility index (Phi) is 6.28. The number of aliphatic imine (C=N–C) groups is 1. The number of aromatic nitrogens is 2. The van der Waals surface area contributed by atoms with Gasteiger partial charge in [-0.25, -0.2) is 4.98 Å². The maximum absolute atomic E-state index is 9.62. The number of imidazole rings is 1. The molecule has 1 aliphatic rings. The van der Waals surface area contributed by atoms with Crippen molar-refractivity contribution < 1.29 is 5.11 Å². The second-order valence-electron chi connectivity index (χ2n) is 6.71. The van der Waals surface area contributed by atoms with Gasteiger partial charge in [0, 0.05) is 25.6 Å². The Labute approximate surface area is 149 Å². The average Bonchev–Trinajstić information content (AvgIpc) is 3.03. The first-order valence-electron chi connectivity index (χ1n) is 9.41. The molecule has 6 heteroatoms. The van der Waals surface area contributed by atoms with Crippen LogP contribution in [0.1, 0.15) is 44.9 Å². The highest BCUT2D eigenvalue weighted by atomic mass is 16.3. The molecule has 136 valence electrons. The van der Waals surface area contributed by atoms with E-state index in [2.05, 4.69) is 38.6 Å². The zero-order valence-electron chi connectivity index (χ0n) is 15.0. The maximum atomic E-state index is 9.62. The highest BCUT2D eigenvalue weighted by Gasteiger charge is 2.19. The molecule has 0 spiro atoms. The monoisotopic (exact) mass is 343 g/mol. The summed E-state index contributed by atoms with van der Waals surface area (Å²) in [7, 11) is 0. The molecule has 1 aliphatic carbocycles. The Morgan fingerprint density at radius 1 is 1.28 bits per heavy atom. The molecule has 0 aliphatic heterocycles. The number of nitrogens with zero attached hydrogens (tertiary/aromatic N) is 2. The Balaban J connectivity index is 1.47. The number of aryl methyl sites for hydroxylation is 1. The Hall–Kier alpha value is -2.08. The van der Waals surface area contributed by atoms with Crippen molar-refractivity contribution in [2.75, 3.05) is 13.1 Å². The highest BCUT2D eigenvalue weighted by Crippen LogP contribution is 2.18. The van der Waals surface area contributed by atoms with Crippen LogP contribution in [0, 0.1) is 0 Å². The number of benzene rings is 1. The standard InChI is InChI=1S/C19H29N5O/c1-2-20-19(22-14-9-11-15(25)12-10-14)21-13-5-8-18-23-16-6-3-4-7-17(16)24-18/h3-4,6-7,14-15,25H,2,5,8-13H2,1H3,(H,23,24)(H2,20,21,22). The average molecular weight is 343 g/mol. The summed E-state index contributed by atoms with van der Waals surface area (Å²) in [6.07, 6.45) is 5.50. The van der Waals surface area contributed by atoms with Crippen LogP contribution in [0.5, 0.6) is 0 Å². The summed E-state index contributed by atoms with van der Waals surface area (Å²) in [6, 6.07) is 8.53. The van der Waals surface area contributed by atoms with Gasteiger partial charge < -0.3 is 20.7 Å². The number of hydrogen-bond acceptors (Lipinski definition) is 3. The van der Waals surface area contributed by atoms with Crippen molar-refractivity contribution in [2.45, 2.75) is 57.6 Å². The van der Waals surface area contributed by atoms with Crippen LogP contribution in [-0.2, 0) is 6.42 Å². The van der Waals surface area contributed by atoms with Crippen molar-refractivity contribution in [3.63, 3.8) is 0 Å². The molecule has 6 nitrogen and oxygen atoms in total. The fourth-order valence-electron chi connectivity index (χ4n) is 3.29. The summed E-state index contributed by atoms with van der Waals surface area (Å²) in [6.45, 7) is 3.70. The number of guanidine groups is 1. The lowest BCUT2D eigenvalue weighted by molar-refractivity contribution is 0.120. The summed E-state index contributed by atoms with van der Waals surface area (Å²) in [5.74, 6) is 1.91. The molecule has 1 saturated carbocycles. The topological polar surface area (TPSA) is 85.3 Å². The van der Waals surface area contributed by atoms with Crippen LogP contribution < -0.4 is 10.6 Å². The van der Waals surface area contributed by atoms with Crippen molar-refractivity contribution in [3.05, 3.63) is 30.1 Å². The van der Waals surface area contributed by atoms with Crippen molar-refractivity contribution in [1.82, 2.24) is 20.6 Å². The number of aliphatic hydroxyl groups is 1. The van der Waals surface area contributed by atoms with E-state index in [0.717, 1.165) is 74.4 Å². The molecule has 0 atom stereocenters. The number of hydrogen-bond donors (Lipinski definition) is 4. The van der Waals surface area contributed by atoms with E-state index in [1.807, 2.05) is 18.2 Å². The van der Waals surface area contributed by atoms with Crippen LogP contribution in [-0.4, -0.2) is 46.3 Å². The van der Waals surface area contributed by atoms with Gasteiger partial charge in [-0.1, -0.05) is 12.1 Å². The lowest BCUT2D eigenvalue weighted by Crippen LogP contribution is -2.45. The van der Waals surface area contributed by atoms with E-state index in [9.17, 15) is 5.11 Å². The van der Waals surface area contributed by atoms with Crippen LogP contribution in [0.3, 0.4) is 0 Å². The van der Waals surface area contributed by atoms with Gasteiger partial charge in [0.1, 0.15) is 5.82 Å². The first-order chi connectivity index (χ1) is 12.2. The van der Waals surface area contributed by atoms with Crippen molar-refractivity contribution in [2.24, 2.45) is 4.99 Å². The van der Waals surface area contributed by atoms with Crippen LogP contribution in [0.25, 0.3) is 11.0 Å². The molecule has 0 amide bonds. The molecule has 0 unspecified atom stereocenters. The predicted octanol–water partition coefficient (Wildman–Crippen LogP) is 2.35. The molecule has 2 aromatic rings.